The summed E-state index contributed by atoms with van der Waals surface area (Å²) in [6.45, 7) is 4.32. The SMILES string of the molecule is CC(C)CSc1nnc(NC(=O)c2ccc(CSc3ccc(Cl)cc3)cc2)s1. The maximum Gasteiger partial charge on any atom is 0.257 e. The first-order chi connectivity index (χ1) is 13.5. The van der Waals surface area contributed by atoms with Gasteiger partial charge in [0.05, 0.1) is 0 Å². The van der Waals surface area contributed by atoms with E-state index in [1.165, 1.54) is 11.3 Å². The molecule has 0 fully saturated rings. The largest absolute Gasteiger partial charge is 0.296 e. The second-order valence-corrected chi connectivity index (χ2v) is 10.2. The second-order valence-electron chi connectivity index (χ2n) is 6.47. The fraction of sp³-hybridized carbons (Fsp3) is 0.250. The van der Waals surface area contributed by atoms with Crippen molar-refractivity contribution in [1.82, 2.24) is 10.2 Å². The van der Waals surface area contributed by atoms with Crippen molar-refractivity contribution in [2.45, 2.75) is 28.8 Å². The van der Waals surface area contributed by atoms with E-state index in [-0.39, 0.29) is 5.91 Å². The van der Waals surface area contributed by atoms with Crippen LogP contribution in [0.3, 0.4) is 0 Å². The second kappa shape index (κ2) is 10.3. The van der Waals surface area contributed by atoms with E-state index in [1.54, 1.807) is 23.5 Å². The summed E-state index contributed by atoms with van der Waals surface area (Å²) < 4.78 is 0.874. The van der Waals surface area contributed by atoms with Crippen LogP contribution in [-0.4, -0.2) is 21.9 Å². The van der Waals surface area contributed by atoms with Crippen molar-refractivity contribution in [3.8, 4) is 0 Å². The summed E-state index contributed by atoms with van der Waals surface area (Å²) in [5.41, 5.74) is 1.76. The minimum atomic E-state index is -0.173. The van der Waals surface area contributed by atoms with Crippen LogP contribution in [0.25, 0.3) is 0 Å². The number of nitrogens with zero attached hydrogens (tertiary/aromatic N) is 2. The minimum Gasteiger partial charge on any atom is -0.296 e. The number of thioether (sulfide) groups is 2. The maximum atomic E-state index is 12.4. The molecule has 0 radical (unpaired) electrons. The zero-order valence-electron chi connectivity index (χ0n) is 15.5. The molecule has 2 aromatic carbocycles. The number of hydrogen-bond donors (Lipinski definition) is 1. The first kappa shape index (κ1) is 21.2. The van der Waals surface area contributed by atoms with Crippen molar-refractivity contribution in [1.29, 1.82) is 0 Å². The Balaban J connectivity index is 1.52. The van der Waals surface area contributed by atoms with Crippen molar-refractivity contribution in [3.05, 3.63) is 64.7 Å². The van der Waals surface area contributed by atoms with Gasteiger partial charge in [0.1, 0.15) is 0 Å². The highest BCUT2D eigenvalue weighted by molar-refractivity contribution is 8.01. The zero-order chi connectivity index (χ0) is 19.9. The zero-order valence-corrected chi connectivity index (χ0v) is 18.7. The Labute approximate surface area is 182 Å². The average molecular weight is 450 g/mol. The van der Waals surface area contributed by atoms with Crippen LogP contribution in [0, 0.1) is 5.92 Å². The van der Waals surface area contributed by atoms with Gasteiger partial charge in [0.2, 0.25) is 5.13 Å². The van der Waals surface area contributed by atoms with Crippen LogP contribution in [0.1, 0.15) is 29.8 Å². The van der Waals surface area contributed by atoms with Crippen molar-refractivity contribution in [2.24, 2.45) is 5.92 Å². The van der Waals surface area contributed by atoms with Crippen LogP contribution >= 0.6 is 46.5 Å². The first-order valence-corrected chi connectivity index (χ1v) is 11.9. The fourth-order valence-corrected chi connectivity index (χ4v) is 4.88. The highest BCUT2D eigenvalue weighted by Gasteiger charge is 2.11. The average Bonchev–Trinajstić information content (AvgIpc) is 3.13. The van der Waals surface area contributed by atoms with Crippen LogP contribution in [0.15, 0.2) is 57.8 Å². The monoisotopic (exact) mass is 449 g/mol. The van der Waals surface area contributed by atoms with E-state index >= 15 is 0 Å². The van der Waals surface area contributed by atoms with E-state index in [0.717, 1.165) is 31.3 Å². The molecule has 28 heavy (non-hydrogen) atoms. The molecule has 3 rings (SSSR count). The van der Waals surface area contributed by atoms with Crippen molar-refractivity contribution in [3.63, 3.8) is 0 Å². The summed E-state index contributed by atoms with van der Waals surface area (Å²) >= 11 is 10.7. The van der Waals surface area contributed by atoms with E-state index in [9.17, 15) is 4.79 Å². The predicted octanol–water partition coefficient (Wildman–Crippen LogP) is 6.48. The van der Waals surface area contributed by atoms with Crippen molar-refractivity contribution >= 4 is 57.5 Å². The van der Waals surface area contributed by atoms with Crippen LogP contribution in [0.4, 0.5) is 5.13 Å². The van der Waals surface area contributed by atoms with Gasteiger partial charge in [-0.05, 0) is 47.9 Å². The molecule has 1 aromatic heterocycles. The van der Waals surface area contributed by atoms with Crippen molar-refractivity contribution < 1.29 is 4.79 Å². The summed E-state index contributed by atoms with van der Waals surface area (Å²) in [5, 5.41) is 12.2. The molecule has 0 aliphatic rings. The number of carbonyl (C=O) groups is 1. The third kappa shape index (κ3) is 6.51. The summed E-state index contributed by atoms with van der Waals surface area (Å²) in [4.78, 5) is 13.6. The van der Waals surface area contributed by atoms with Gasteiger partial charge in [-0.2, -0.15) is 0 Å². The third-order valence-electron chi connectivity index (χ3n) is 3.60. The molecule has 0 aliphatic carbocycles. The molecule has 4 nitrogen and oxygen atoms in total. The lowest BCUT2D eigenvalue weighted by atomic mass is 10.1. The third-order valence-corrected chi connectivity index (χ3v) is 7.34. The lowest BCUT2D eigenvalue weighted by Crippen LogP contribution is -2.11. The van der Waals surface area contributed by atoms with Gasteiger partial charge in [-0.3, -0.25) is 10.1 Å². The van der Waals surface area contributed by atoms with Crippen LogP contribution in [0.5, 0.6) is 0 Å². The number of hydrogen-bond acceptors (Lipinski definition) is 6. The fourth-order valence-electron chi connectivity index (χ4n) is 2.18. The molecule has 8 heteroatoms. The van der Waals surface area contributed by atoms with Gasteiger partial charge in [0, 0.05) is 27.0 Å². The molecule has 0 atom stereocenters. The van der Waals surface area contributed by atoms with Gasteiger partial charge in [0.25, 0.3) is 5.91 Å². The molecular formula is C20H20ClN3OS3. The topological polar surface area (TPSA) is 54.9 Å². The highest BCUT2D eigenvalue weighted by atomic mass is 35.5. The molecule has 1 heterocycles. The smallest absolute Gasteiger partial charge is 0.257 e. The number of anilines is 1. The van der Waals surface area contributed by atoms with E-state index < -0.39 is 0 Å². The number of carbonyl (C=O) groups excluding carboxylic acids is 1. The number of amides is 1. The molecule has 0 unspecified atom stereocenters. The van der Waals surface area contributed by atoms with E-state index in [1.807, 2.05) is 48.5 Å². The normalized spacial score (nSPS) is 11.0. The van der Waals surface area contributed by atoms with E-state index in [0.29, 0.717) is 16.6 Å². The van der Waals surface area contributed by atoms with Gasteiger partial charge < -0.3 is 0 Å². The van der Waals surface area contributed by atoms with E-state index in [4.69, 9.17) is 11.6 Å². The van der Waals surface area contributed by atoms with Crippen LogP contribution < -0.4 is 5.32 Å². The van der Waals surface area contributed by atoms with Gasteiger partial charge in [-0.1, -0.05) is 60.7 Å². The Morgan fingerprint density at radius 3 is 2.46 bits per heavy atom. The Hall–Kier alpha value is -1.54. The standard InChI is InChI=1S/C20H20ClN3OS3/c1-13(2)11-27-20-24-23-19(28-20)22-18(25)15-5-3-14(4-6-15)12-26-17-9-7-16(21)8-10-17/h3-10,13H,11-12H2,1-2H3,(H,22,23,25). The number of nitrogens with one attached hydrogen (secondary N) is 1. The van der Waals surface area contributed by atoms with Gasteiger partial charge >= 0.3 is 0 Å². The molecule has 0 aliphatic heterocycles. The quantitative estimate of drug-likeness (QED) is 0.315. The molecule has 1 N–H and O–H groups in total. The van der Waals surface area contributed by atoms with Crippen molar-refractivity contribution in [2.75, 3.05) is 11.1 Å². The number of halogens is 1. The lowest BCUT2D eigenvalue weighted by Gasteiger charge is -2.05. The summed E-state index contributed by atoms with van der Waals surface area (Å²) in [6, 6.07) is 15.4. The Kier molecular flexibility index (Phi) is 7.79. The summed E-state index contributed by atoms with van der Waals surface area (Å²) in [6.07, 6.45) is 0. The number of rotatable bonds is 8. The highest BCUT2D eigenvalue weighted by Crippen LogP contribution is 2.27. The Bertz CT molecular complexity index is 911. The minimum absolute atomic E-state index is 0.173. The summed E-state index contributed by atoms with van der Waals surface area (Å²) in [7, 11) is 0. The Morgan fingerprint density at radius 2 is 1.79 bits per heavy atom. The number of aromatic nitrogens is 2. The molecule has 0 bridgehead atoms. The Morgan fingerprint density at radius 1 is 1.07 bits per heavy atom. The van der Waals surface area contributed by atoms with Gasteiger partial charge in [-0.25, -0.2) is 0 Å². The predicted molar refractivity (Wildman–Crippen MR) is 121 cm³/mol. The molecule has 3 aromatic rings. The molecule has 0 spiro atoms. The molecule has 146 valence electrons. The van der Waals surface area contributed by atoms with Crippen LogP contribution in [-0.2, 0) is 5.75 Å². The van der Waals surface area contributed by atoms with Gasteiger partial charge in [-0.15, -0.1) is 22.0 Å². The van der Waals surface area contributed by atoms with Crippen LogP contribution in [0.2, 0.25) is 5.02 Å². The molecule has 0 saturated carbocycles. The first-order valence-electron chi connectivity index (χ1n) is 8.74. The molecule has 1 amide bonds. The van der Waals surface area contributed by atoms with Gasteiger partial charge in [0.15, 0.2) is 4.34 Å². The summed E-state index contributed by atoms with van der Waals surface area (Å²) in [5.74, 6) is 2.23. The number of benzene rings is 2. The maximum absolute atomic E-state index is 12.4. The lowest BCUT2D eigenvalue weighted by molar-refractivity contribution is 0.102. The van der Waals surface area contributed by atoms with E-state index in [2.05, 4.69) is 29.4 Å². The molecular weight excluding hydrogens is 430 g/mol. The molecule has 0 saturated heterocycles.